The number of aromatic amines is 1. The van der Waals surface area contributed by atoms with Crippen LogP contribution in [0.2, 0.25) is 0 Å². The first kappa shape index (κ1) is 23.7. The first-order valence-corrected chi connectivity index (χ1v) is 13.6. The topological polar surface area (TPSA) is 60.6 Å². The minimum absolute atomic E-state index is 0.00501. The lowest BCUT2D eigenvalue weighted by Crippen LogP contribution is -2.52. The van der Waals surface area contributed by atoms with Gasteiger partial charge in [0.15, 0.2) is 0 Å². The van der Waals surface area contributed by atoms with Crippen LogP contribution >= 0.6 is 0 Å². The van der Waals surface area contributed by atoms with Crippen molar-refractivity contribution in [1.82, 2.24) is 20.1 Å². The van der Waals surface area contributed by atoms with Crippen molar-refractivity contribution < 1.29 is 9.53 Å². The molecule has 3 aliphatic rings. The molecule has 0 spiro atoms. The van der Waals surface area contributed by atoms with E-state index in [1.807, 2.05) is 24.3 Å². The number of likely N-dealkylation sites (tertiary alicyclic amines) is 1. The number of amides is 1. The fraction of sp³-hybridized carbons (Fsp3) is 0.679. The first-order chi connectivity index (χ1) is 16.6. The average Bonchev–Trinajstić information content (AvgIpc) is 3.29. The highest BCUT2D eigenvalue weighted by molar-refractivity contribution is 5.99. The van der Waals surface area contributed by atoms with Gasteiger partial charge in [-0.2, -0.15) is 0 Å². The highest BCUT2D eigenvalue weighted by atomic mass is 16.5. The molecule has 0 aliphatic carbocycles. The van der Waals surface area contributed by atoms with E-state index in [-0.39, 0.29) is 11.9 Å². The van der Waals surface area contributed by atoms with E-state index in [1.54, 1.807) is 0 Å². The standard InChI is InChI=1S/C28H42N4O2/c1-20(2)19-34-27-10-5-8-24-23(27)17-25(30-24)28(33)29-22-11-15-31(16-12-22)18-21-7-6-14-32-13-4-3-9-26(21)32/h5,8,10,17,20-22,26,30H,3-4,6-7,9,11-16,18-19H2,1-2H3,(H,29,33)/t21-,26?/m0/s1. The van der Waals surface area contributed by atoms with Crippen LogP contribution < -0.4 is 10.1 Å². The molecule has 1 aromatic carbocycles. The lowest BCUT2D eigenvalue weighted by Gasteiger charge is -2.46. The zero-order valence-electron chi connectivity index (χ0n) is 21.0. The number of nitrogens with zero attached hydrogens (tertiary/aromatic N) is 2. The minimum atomic E-state index is -0.00501. The summed E-state index contributed by atoms with van der Waals surface area (Å²) in [6.45, 7) is 11.0. The fourth-order valence-electron chi connectivity index (χ4n) is 6.28. The number of rotatable bonds is 7. The van der Waals surface area contributed by atoms with Crippen molar-refractivity contribution >= 4 is 16.8 Å². The van der Waals surface area contributed by atoms with Crippen LogP contribution in [0.5, 0.6) is 5.75 Å². The number of benzene rings is 1. The number of ether oxygens (including phenoxy) is 1. The third-order valence-electron chi connectivity index (χ3n) is 8.09. The maximum absolute atomic E-state index is 13.0. The summed E-state index contributed by atoms with van der Waals surface area (Å²) in [5.41, 5.74) is 1.57. The first-order valence-electron chi connectivity index (χ1n) is 13.6. The van der Waals surface area contributed by atoms with Crippen molar-refractivity contribution in [1.29, 1.82) is 0 Å². The van der Waals surface area contributed by atoms with E-state index < -0.39 is 0 Å². The molecule has 1 aromatic heterocycles. The molecule has 2 N–H and O–H groups in total. The number of hydrogen-bond acceptors (Lipinski definition) is 4. The molecule has 34 heavy (non-hydrogen) atoms. The van der Waals surface area contributed by atoms with Crippen molar-refractivity contribution in [2.75, 3.05) is 39.3 Å². The summed E-state index contributed by atoms with van der Waals surface area (Å²) in [4.78, 5) is 21.7. The maximum Gasteiger partial charge on any atom is 0.267 e. The summed E-state index contributed by atoms with van der Waals surface area (Å²) in [7, 11) is 0. The fourth-order valence-corrected chi connectivity index (χ4v) is 6.28. The molecule has 1 unspecified atom stereocenters. The maximum atomic E-state index is 13.0. The highest BCUT2D eigenvalue weighted by Gasteiger charge is 2.34. The van der Waals surface area contributed by atoms with Crippen molar-refractivity contribution in [3.8, 4) is 5.75 Å². The van der Waals surface area contributed by atoms with E-state index in [2.05, 4.69) is 33.9 Å². The Morgan fingerprint density at radius 1 is 1.09 bits per heavy atom. The van der Waals surface area contributed by atoms with E-state index in [4.69, 9.17) is 4.74 Å². The summed E-state index contributed by atoms with van der Waals surface area (Å²) < 4.78 is 5.97. The van der Waals surface area contributed by atoms with Gasteiger partial charge < -0.3 is 24.8 Å². The summed E-state index contributed by atoms with van der Waals surface area (Å²) in [6.07, 6.45) is 9.02. The number of carbonyl (C=O) groups excluding carboxylic acids is 1. The Hall–Kier alpha value is -2.05. The van der Waals surface area contributed by atoms with E-state index >= 15 is 0 Å². The SMILES string of the molecule is CC(C)COc1cccc2[nH]c(C(=O)NC3CCN(C[C@@H]4CCCN5CCCCC45)CC3)cc12. The molecule has 5 rings (SSSR count). The van der Waals surface area contributed by atoms with E-state index in [1.165, 1.54) is 51.7 Å². The third-order valence-corrected chi connectivity index (χ3v) is 8.09. The van der Waals surface area contributed by atoms with Gasteiger partial charge in [-0.15, -0.1) is 0 Å². The van der Waals surface area contributed by atoms with Gasteiger partial charge in [0.25, 0.3) is 5.91 Å². The Balaban J connectivity index is 1.13. The van der Waals surface area contributed by atoms with Gasteiger partial charge in [0, 0.05) is 42.6 Å². The van der Waals surface area contributed by atoms with Gasteiger partial charge in [0.2, 0.25) is 0 Å². The summed E-state index contributed by atoms with van der Waals surface area (Å²) >= 11 is 0. The highest BCUT2D eigenvalue weighted by Crippen LogP contribution is 2.32. The van der Waals surface area contributed by atoms with Crippen LogP contribution in [0.25, 0.3) is 10.9 Å². The quantitative estimate of drug-likeness (QED) is 0.623. The van der Waals surface area contributed by atoms with Crippen molar-refractivity contribution in [3.05, 3.63) is 30.0 Å². The van der Waals surface area contributed by atoms with Gasteiger partial charge in [0.1, 0.15) is 11.4 Å². The van der Waals surface area contributed by atoms with Crippen molar-refractivity contribution in [2.24, 2.45) is 11.8 Å². The minimum Gasteiger partial charge on any atom is -0.493 e. The number of H-pyrrole nitrogens is 1. The Kier molecular flexibility index (Phi) is 7.45. The smallest absolute Gasteiger partial charge is 0.267 e. The molecule has 0 bridgehead atoms. The summed E-state index contributed by atoms with van der Waals surface area (Å²) in [5.74, 6) is 2.13. The molecular formula is C28H42N4O2. The Morgan fingerprint density at radius 2 is 1.91 bits per heavy atom. The number of aromatic nitrogens is 1. The molecule has 1 amide bonds. The normalized spacial score (nSPS) is 24.9. The predicted molar refractivity (Wildman–Crippen MR) is 137 cm³/mol. The van der Waals surface area contributed by atoms with E-state index in [0.29, 0.717) is 18.2 Å². The van der Waals surface area contributed by atoms with Crippen LogP contribution in [-0.4, -0.2) is 72.1 Å². The van der Waals surface area contributed by atoms with Gasteiger partial charge in [0.05, 0.1) is 6.61 Å². The third kappa shape index (κ3) is 5.44. The number of nitrogens with one attached hydrogen (secondary N) is 2. The molecule has 0 radical (unpaired) electrons. The van der Waals surface area contributed by atoms with Gasteiger partial charge in [-0.25, -0.2) is 0 Å². The monoisotopic (exact) mass is 466 g/mol. The lowest BCUT2D eigenvalue weighted by molar-refractivity contribution is 0.0351. The molecular weight excluding hydrogens is 424 g/mol. The number of fused-ring (bicyclic) bond motifs is 2. The molecule has 3 aliphatic heterocycles. The molecule has 6 nitrogen and oxygen atoms in total. The summed E-state index contributed by atoms with van der Waals surface area (Å²) in [6, 6.07) is 8.97. The number of piperidine rings is 3. The van der Waals surface area contributed by atoms with Gasteiger partial charge in [-0.05, 0) is 81.6 Å². The molecule has 0 saturated carbocycles. The largest absolute Gasteiger partial charge is 0.493 e. The Labute approximate surface area is 204 Å². The predicted octanol–water partition coefficient (Wildman–Crippen LogP) is 4.66. The van der Waals surface area contributed by atoms with Crippen LogP contribution in [0.3, 0.4) is 0 Å². The van der Waals surface area contributed by atoms with Crippen LogP contribution in [0, 0.1) is 11.8 Å². The van der Waals surface area contributed by atoms with Gasteiger partial charge >= 0.3 is 0 Å². The second-order valence-corrected chi connectivity index (χ2v) is 11.2. The lowest BCUT2D eigenvalue weighted by atomic mass is 9.83. The van der Waals surface area contributed by atoms with Crippen LogP contribution in [-0.2, 0) is 0 Å². The molecule has 186 valence electrons. The van der Waals surface area contributed by atoms with Crippen LogP contribution in [0.15, 0.2) is 24.3 Å². The molecule has 2 aromatic rings. The number of carbonyl (C=O) groups is 1. The zero-order valence-corrected chi connectivity index (χ0v) is 21.0. The average molecular weight is 467 g/mol. The zero-order chi connectivity index (χ0) is 23.5. The summed E-state index contributed by atoms with van der Waals surface area (Å²) in [5, 5.41) is 4.27. The molecule has 2 atom stereocenters. The van der Waals surface area contributed by atoms with Gasteiger partial charge in [-0.3, -0.25) is 4.79 Å². The van der Waals surface area contributed by atoms with E-state index in [0.717, 1.165) is 54.5 Å². The van der Waals surface area contributed by atoms with Gasteiger partial charge in [-0.1, -0.05) is 26.3 Å². The second kappa shape index (κ2) is 10.7. The van der Waals surface area contributed by atoms with Crippen LogP contribution in [0.1, 0.15) is 69.3 Å². The van der Waals surface area contributed by atoms with Crippen LogP contribution in [0.4, 0.5) is 0 Å². The Bertz CT molecular complexity index is 960. The van der Waals surface area contributed by atoms with Crippen molar-refractivity contribution in [2.45, 2.75) is 70.9 Å². The van der Waals surface area contributed by atoms with Crippen molar-refractivity contribution in [3.63, 3.8) is 0 Å². The molecule has 3 saturated heterocycles. The van der Waals surface area contributed by atoms with E-state index in [9.17, 15) is 4.79 Å². The second-order valence-electron chi connectivity index (χ2n) is 11.2. The molecule has 4 heterocycles. The molecule has 6 heteroatoms. The Morgan fingerprint density at radius 3 is 2.74 bits per heavy atom. The number of hydrogen-bond donors (Lipinski definition) is 2. The molecule has 3 fully saturated rings.